The normalized spacial score (nSPS) is 24.9. The van der Waals surface area contributed by atoms with Gasteiger partial charge in [-0.3, -0.25) is 4.79 Å². The van der Waals surface area contributed by atoms with E-state index in [0.29, 0.717) is 18.4 Å². The monoisotopic (exact) mass is 241 g/mol. The Morgan fingerprint density at radius 2 is 2.00 bits per heavy atom. The molecule has 0 bridgehead atoms. The van der Waals surface area contributed by atoms with Crippen LogP contribution in [0.3, 0.4) is 0 Å². The quantitative estimate of drug-likeness (QED) is 0.728. The third-order valence-corrected chi connectivity index (χ3v) is 3.72. The van der Waals surface area contributed by atoms with Gasteiger partial charge in [0, 0.05) is 25.6 Å². The zero-order valence-corrected chi connectivity index (χ0v) is 11.2. The van der Waals surface area contributed by atoms with Gasteiger partial charge < -0.3 is 16.0 Å². The second kappa shape index (κ2) is 7.67. The highest BCUT2D eigenvalue weighted by molar-refractivity contribution is 5.76. The van der Waals surface area contributed by atoms with Gasteiger partial charge in [-0.25, -0.2) is 0 Å². The average Bonchev–Trinajstić information content (AvgIpc) is 2.32. The van der Waals surface area contributed by atoms with E-state index in [2.05, 4.69) is 24.2 Å². The van der Waals surface area contributed by atoms with E-state index < -0.39 is 0 Å². The molecule has 0 atom stereocenters. The van der Waals surface area contributed by atoms with Gasteiger partial charge >= 0.3 is 0 Å². The van der Waals surface area contributed by atoms with Crippen LogP contribution in [-0.2, 0) is 4.79 Å². The standard InChI is InChI=1S/C13H27N3O/c1-3-16(2)9-8-15-13(17)10-11-4-6-12(14)7-5-11/h11-12H,3-10,14H2,1-2H3,(H,15,17). The van der Waals surface area contributed by atoms with Crippen molar-refractivity contribution in [2.24, 2.45) is 11.7 Å². The summed E-state index contributed by atoms with van der Waals surface area (Å²) in [5, 5.41) is 2.99. The molecule has 3 N–H and O–H groups in total. The fourth-order valence-corrected chi connectivity index (χ4v) is 2.27. The van der Waals surface area contributed by atoms with Crippen LogP contribution >= 0.6 is 0 Å². The van der Waals surface area contributed by atoms with Crippen molar-refractivity contribution in [3.05, 3.63) is 0 Å². The van der Waals surface area contributed by atoms with Gasteiger partial charge in [-0.05, 0) is 45.2 Å². The molecular weight excluding hydrogens is 214 g/mol. The van der Waals surface area contributed by atoms with Gasteiger partial charge in [-0.2, -0.15) is 0 Å². The van der Waals surface area contributed by atoms with E-state index in [1.165, 1.54) is 0 Å². The van der Waals surface area contributed by atoms with Gasteiger partial charge in [0.2, 0.25) is 5.91 Å². The van der Waals surface area contributed by atoms with Crippen LogP contribution in [0.15, 0.2) is 0 Å². The lowest BCUT2D eigenvalue weighted by molar-refractivity contribution is -0.122. The first kappa shape index (κ1) is 14.5. The molecule has 0 heterocycles. The number of carbonyl (C=O) groups excluding carboxylic acids is 1. The molecule has 1 aliphatic carbocycles. The zero-order chi connectivity index (χ0) is 12.7. The largest absolute Gasteiger partial charge is 0.355 e. The molecule has 0 aromatic carbocycles. The number of nitrogens with one attached hydrogen (secondary N) is 1. The number of hydrogen-bond acceptors (Lipinski definition) is 3. The van der Waals surface area contributed by atoms with Gasteiger partial charge in [0.15, 0.2) is 0 Å². The van der Waals surface area contributed by atoms with Gasteiger partial charge in [0.25, 0.3) is 0 Å². The molecule has 0 spiro atoms. The molecule has 1 amide bonds. The average molecular weight is 241 g/mol. The molecule has 100 valence electrons. The Balaban J connectivity index is 2.08. The van der Waals surface area contributed by atoms with Crippen LogP contribution in [0.25, 0.3) is 0 Å². The minimum absolute atomic E-state index is 0.204. The molecule has 1 aliphatic rings. The lowest BCUT2D eigenvalue weighted by atomic mass is 9.84. The predicted molar refractivity (Wildman–Crippen MR) is 70.7 cm³/mol. The molecule has 4 heteroatoms. The van der Waals surface area contributed by atoms with Gasteiger partial charge in [-0.1, -0.05) is 6.92 Å². The van der Waals surface area contributed by atoms with Crippen LogP contribution in [-0.4, -0.2) is 43.5 Å². The van der Waals surface area contributed by atoms with Crippen molar-refractivity contribution in [3.8, 4) is 0 Å². The third kappa shape index (κ3) is 6.03. The van der Waals surface area contributed by atoms with Crippen molar-refractivity contribution in [2.75, 3.05) is 26.7 Å². The summed E-state index contributed by atoms with van der Waals surface area (Å²) in [6.45, 7) is 4.83. The molecule has 0 aromatic rings. The Kier molecular flexibility index (Phi) is 6.52. The lowest BCUT2D eigenvalue weighted by Gasteiger charge is -2.25. The van der Waals surface area contributed by atoms with Crippen LogP contribution in [0.1, 0.15) is 39.0 Å². The summed E-state index contributed by atoms with van der Waals surface area (Å²) in [5.74, 6) is 0.758. The van der Waals surface area contributed by atoms with E-state index in [1.807, 2.05) is 0 Å². The van der Waals surface area contributed by atoms with Gasteiger partial charge in [-0.15, -0.1) is 0 Å². The maximum absolute atomic E-state index is 11.7. The first-order valence-corrected chi connectivity index (χ1v) is 6.82. The minimum Gasteiger partial charge on any atom is -0.355 e. The summed E-state index contributed by atoms with van der Waals surface area (Å²) in [5.41, 5.74) is 5.85. The number of hydrogen-bond donors (Lipinski definition) is 2. The SMILES string of the molecule is CCN(C)CCNC(=O)CC1CCC(N)CC1. The zero-order valence-electron chi connectivity index (χ0n) is 11.2. The van der Waals surface area contributed by atoms with E-state index >= 15 is 0 Å². The van der Waals surface area contributed by atoms with Crippen LogP contribution in [0, 0.1) is 5.92 Å². The Hall–Kier alpha value is -0.610. The van der Waals surface area contributed by atoms with Crippen molar-refractivity contribution < 1.29 is 4.79 Å². The Labute approximate surface area is 105 Å². The van der Waals surface area contributed by atoms with E-state index in [1.54, 1.807) is 0 Å². The highest BCUT2D eigenvalue weighted by Crippen LogP contribution is 2.25. The molecule has 0 saturated heterocycles. The molecule has 0 radical (unpaired) electrons. The maximum atomic E-state index is 11.7. The van der Waals surface area contributed by atoms with Gasteiger partial charge in [0.1, 0.15) is 0 Å². The van der Waals surface area contributed by atoms with E-state index in [0.717, 1.165) is 45.3 Å². The summed E-state index contributed by atoms with van der Waals surface area (Å²) in [6, 6.07) is 0.368. The molecule has 0 unspecified atom stereocenters. The number of amides is 1. The van der Waals surface area contributed by atoms with Crippen LogP contribution in [0.4, 0.5) is 0 Å². The minimum atomic E-state index is 0.204. The van der Waals surface area contributed by atoms with Crippen LogP contribution in [0.2, 0.25) is 0 Å². The second-order valence-electron chi connectivity index (χ2n) is 5.23. The van der Waals surface area contributed by atoms with Crippen molar-refractivity contribution in [2.45, 2.75) is 45.1 Å². The Bertz CT molecular complexity index is 225. The summed E-state index contributed by atoms with van der Waals surface area (Å²) in [6.07, 6.45) is 5.07. The van der Waals surface area contributed by atoms with Crippen molar-refractivity contribution in [3.63, 3.8) is 0 Å². The summed E-state index contributed by atoms with van der Waals surface area (Å²) in [4.78, 5) is 13.9. The number of nitrogens with two attached hydrogens (primary N) is 1. The molecular formula is C13H27N3O. The molecule has 1 fully saturated rings. The number of carbonyl (C=O) groups is 1. The first-order valence-electron chi connectivity index (χ1n) is 6.82. The van der Waals surface area contributed by atoms with E-state index in [-0.39, 0.29) is 5.91 Å². The second-order valence-corrected chi connectivity index (χ2v) is 5.23. The van der Waals surface area contributed by atoms with Crippen LogP contribution in [0.5, 0.6) is 0 Å². The van der Waals surface area contributed by atoms with E-state index in [9.17, 15) is 4.79 Å². The summed E-state index contributed by atoms with van der Waals surface area (Å²) in [7, 11) is 2.06. The van der Waals surface area contributed by atoms with Crippen LogP contribution < -0.4 is 11.1 Å². The number of likely N-dealkylation sites (N-methyl/N-ethyl adjacent to an activating group) is 1. The fourth-order valence-electron chi connectivity index (χ4n) is 2.27. The first-order chi connectivity index (χ1) is 8.11. The maximum Gasteiger partial charge on any atom is 0.220 e. The topological polar surface area (TPSA) is 58.4 Å². The van der Waals surface area contributed by atoms with Crippen molar-refractivity contribution >= 4 is 5.91 Å². The molecule has 17 heavy (non-hydrogen) atoms. The number of nitrogens with zero attached hydrogens (tertiary/aromatic N) is 1. The molecule has 0 aliphatic heterocycles. The Morgan fingerprint density at radius 1 is 1.35 bits per heavy atom. The van der Waals surface area contributed by atoms with E-state index in [4.69, 9.17) is 5.73 Å². The summed E-state index contributed by atoms with van der Waals surface area (Å²) < 4.78 is 0. The summed E-state index contributed by atoms with van der Waals surface area (Å²) >= 11 is 0. The molecule has 1 rings (SSSR count). The van der Waals surface area contributed by atoms with Crippen molar-refractivity contribution in [1.82, 2.24) is 10.2 Å². The lowest BCUT2D eigenvalue weighted by Crippen LogP contribution is -2.35. The van der Waals surface area contributed by atoms with Gasteiger partial charge in [0.05, 0.1) is 0 Å². The predicted octanol–water partition coefficient (Wildman–Crippen LogP) is 0.962. The highest BCUT2D eigenvalue weighted by Gasteiger charge is 2.20. The number of rotatable bonds is 6. The molecule has 4 nitrogen and oxygen atoms in total. The Morgan fingerprint density at radius 3 is 2.59 bits per heavy atom. The third-order valence-electron chi connectivity index (χ3n) is 3.72. The fraction of sp³-hybridized carbons (Fsp3) is 0.923. The highest BCUT2D eigenvalue weighted by atomic mass is 16.1. The molecule has 1 saturated carbocycles. The van der Waals surface area contributed by atoms with Crippen molar-refractivity contribution in [1.29, 1.82) is 0 Å². The molecule has 0 aromatic heterocycles. The smallest absolute Gasteiger partial charge is 0.220 e.